The van der Waals surface area contributed by atoms with Crippen molar-refractivity contribution in [2.75, 3.05) is 6.54 Å². The van der Waals surface area contributed by atoms with Crippen LogP contribution in [-0.2, 0) is 12.8 Å². The third-order valence-electron chi connectivity index (χ3n) is 5.79. The van der Waals surface area contributed by atoms with Crippen molar-refractivity contribution in [3.63, 3.8) is 0 Å². The van der Waals surface area contributed by atoms with E-state index >= 15 is 0 Å². The predicted molar refractivity (Wildman–Crippen MR) is 130 cm³/mol. The number of benzene rings is 1. The van der Waals surface area contributed by atoms with Crippen molar-refractivity contribution in [3.05, 3.63) is 76.4 Å². The number of ether oxygens (including phenoxy) is 1. The van der Waals surface area contributed by atoms with E-state index in [9.17, 15) is 9.90 Å². The van der Waals surface area contributed by atoms with Gasteiger partial charge >= 0.3 is 5.97 Å². The second kappa shape index (κ2) is 9.07. The van der Waals surface area contributed by atoms with Crippen LogP contribution in [0.25, 0.3) is 10.4 Å². The summed E-state index contributed by atoms with van der Waals surface area (Å²) in [6, 6.07) is 7.71. The van der Waals surface area contributed by atoms with Crippen LogP contribution < -0.4 is 9.46 Å². The first-order valence-corrected chi connectivity index (χ1v) is 11.7. The zero-order valence-electron chi connectivity index (χ0n) is 17.7. The molecule has 31 heavy (non-hydrogen) atoms. The summed E-state index contributed by atoms with van der Waals surface area (Å²) in [5.41, 5.74) is 2.57. The summed E-state index contributed by atoms with van der Waals surface area (Å²) in [6.45, 7) is 5.18. The van der Waals surface area contributed by atoms with Crippen LogP contribution in [0.15, 0.2) is 60.4 Å². The van der Waals surface area contributed by atoms with Gasteiger partial charge in [0.05, 0.1) is 5.56 Å². The molecule has 0 radical (unpaired) electrons. The number of hydrogen-bond acceptors (Lipinski definition) is 5. The molecule has 1 unspecified atom stereocenters. The summed E-state index contributed by atoms with van der Waals surface area (Å²) in [7, 11) is 0. The molecule has 4 rings (SSSR count). The maximum absolute atomic E-state index is 12.1. The highest BCUT2D eigenvalue weighted by Gasteiger charge is 2.32. The quantitative estimate of drug-likeness (QED) is 0.465. The molecule has 1 atom stereocenters. The average molecular weight is 454 g/mol. The number of rotatable bonds is 6. The normalized spacial score (nSPS) is 19.5. The molecule has 1 heterocycles. The zero-order valence-corrected chi connectivity index (χ0v) is 19.4. The molecule has 1 aromatic heterocycles. The Morgan fingerprint density at radius 1 is 1.29 bits per heavy atom. The molecule has 0 bridgehead atoms. The first-order chi connectivity index (χ1) is 14.9. The van der Waals surface area contributed by atoms with Crippen LogP contribution in [0.2, 0.25) is 0 Å². The van der Waals surface area contributed by atoms with Gasteiger partial charge in [-0.2, -0.15) is 0 Å². The fourth-order valence-electron chi connectivity index (χ4n) is 4.10. The lowest BCUT2D eigenvalue weighted by atomic mass is 9.76. The monoisotopic (exact) mass is 453 g/mol. The Hall–Kier alpha value is -2.28. The number of thiophene rings is 1. The molecular weight excluding hydrogens is 426 g/mol. The summed E-state index contributed by atoms with van der Waals surface area (Å²) in [6.07, 6.45) is 12.9. The van der Waals surface area contributed by atoms with Crippen LogP contribution in [0, 0.1) is 11.3 Å². The number of carbonyl (C=O) groups is 1. The molecule has 0 saturated heterocycles. The van der Waals surface area contributed by atoms with E-state index in [0.717, 1.165) is 53.3 Å². The molecule has 2 aliphatic carbocycles. The van der Waals surface area contributed by atoms with Crippen molar-refractivity contribution in [1.29, 1.82) is 0 Å². The summed E-state index contributed by atoms with van der Waals surface area (Å²) >= 11 is 5.69. The molecular formula is C25H27NO3S2. The molecule has 0 saturated carbocycles. The lowest BCUT2D eigenvalue weighted by molar-refractivity contribution is 0.0696. The number of nitrogens with one attached hydrogen (secondary N) is 1. The molecule has 0 amide bonds. The second-order valence-electron chi connectivity index (χ2n) is 8.82. The molecule has 6 heteroatoms. The second-order valence-corrected chi connectivity index (χ2v) is 10.2. The Balaban J connectivity index is 1.56. The standard InChI is InChI=1S/C25H27NO3S2/c1-25(2)13-12-21-20(14-25)22(24(27)28)23(31-21)17-7-10-19(11-8-17)29-18-5-3-4-16(6-9-18)15-26-30/h3-11,16,26,30H,12-15H2,1-2H3,(H,27,28). The largest absolute Gasteiger partial charge is 0.478 e. The lowest BCUT2D eigenvalue weighted by Crippen LogP contribution is -2.22. The fourth-order valence-corrected chi connectivity index (χ4v) is 5.63. The van der Waals surface area contributed by atoms with Gasteiger partial charge in [0.1, 0.15) is 11.5 Å². The number of hydrogen-bond donors (Lipinski definition) is 3. The Morgan fingerprint density at radius 2 is 2.06 bits per heavy atom. The third kappa shape index (κ3) is 4.97. The van der Waals surface area contributed by atoms with E-state index in [4.69, 9.17) is 4.74 Å². The van der Waals surface area contributed by atoms with Crippen LogP contribution in [0.3, 0.4) is 0 Å². The van der Waals surface area contributed by atoms with E-state index in [2.05, 4.69) is 43.5 Å². The first-order valence-electron chi connectivity index (χ1n) is 10.5. The van der Waals surface area contributed by atoms with Gasteiger partial charge in [0, 0.05) is 22.2 Å². The van der Waals surface area contributed by atoms with Crippen LogP contribution in [0.4, 0.5) is 0 Å². The van der Waals surface area contributed by atoms with Gasteiger partial charge < -0.3 is 9.84 Å². The summed E-state index contributed by atoms with van der Waals surface area (Å²) in [5.74, 6) is 0.904. The molecule has 0 spiro atoms. The Labute approximate surface area is 192 Å². The molecule has 0 fully saturated rings. The van der Waals surface area contributed by atoms with E-state index in [1.165, 1.54) is 4.88 Å². The fraction of sp³-hybridized carbons (Fsp3) is 0.320. The topological polar surface area (TPSA) is 58.6 Å². The Kier molecular flexibility index (Phi) is 6.42. The molecule has 162 valence electrons. The predicted octanol–water partition coefficient (Wildman–Crippen LogP) is 6.07. The number of fused-ring (bicyclic) bond motifs is 1. The third-order valence-corrected chi connectivity index (χ3v) is 7.32. The number of thiol groups is 1. The lowest BCUT2D eigenvalue weighted by Gasteiger charge is -2.29. The number of aromatic carboxylic acids is 1. The molecule has 2 aromatic rings. The van der Waals surface area contributed by atoms with Crippen molar-refractivity contribution < 1.29 is 14.6 Å². The summed E-state index contributed by atoms with van der Waals surface area (Å²) < 4.78 is 8.88. The van der Waals surface area contributed by atoms with E-state index in [1.807, 2.05) is 42.5 Å². The number of aryl methyl sites for hydroxylation is 1. The molecule has 2 aliphatic rings. The highest BCUT2D eigenvalue weighted by atomic mass is 32.1. The van der Waals surface area contributed by atoms with Gasteiger partial charge in [-0.15, -0.1) is 11.3 Å². The van der Waals surface area contributed by atoms with Gasteiger partial charge in [-0.05, 0) is 72.2 Å². The number of allylic oxidation sites excluding steroid dienone is 3. The maximum atomic E-state index is 12.1. The van der Waals surface area contributed by atoms with E-state index in [1.54, 1.807) is 11.3 Å². The van der Waals surface area contributed by atoms with Gasteiger partial charge in [-0.1, -0.05) is 44.9 Å². The van der Waals surface area contributed by atoms with Crippen molar-refractivity contribution in [1.82, 2.24) is 4.72 Å². The van der Waals surface area contributed by atoms with Crippen molar-refractivity contribution in [3.8, 4) is 16.2 Å². The van der Waals surface area contributed by atoms with Gasteiger partial charge in [0.25, 0.3) is 0 Å². The zero-order chi connectivity index (χ0) is 22.0. The minimum absolute atomic E-state index is 0.142. The SMILES string of the molecule is CC1(C)CCc2sc(-c3ccc(OC4=CC=CC(CNS)C=C4)cc3)c(C(=O)O)c2C1. The molecule has 2 N–H and O–H groups in total. The molecule has 4 nitrogen and oxygen atoms in total. The van der Waals surface area contributed by atoms with Crippen molar-refractivity contribution in [2.24, 2.45) is 11.3 Å². The van der Waals surface area contributed by atoms with Crippen molar-refractivity contribution >= 4 is 30.1 Å². The van der Waals surface area contributed by atoms with Crippen LogP contribution >= 0.6 is 24.2 Å². The van der Waals surface area contributed by atoms with Crippen LogP contribution in [-0.4, -0.2) is 17.6 Å². The maximum Gasteiger partial charge on any atom is 0.337 e. The first kappa shape index (κ1) is 21.9. The van der Waals surface area contributed by atoms with E-state index in [-0.39, 0.29) is 11.3 Å². The Morgan fingerprint density at radius 3 is 2.77 bits per heavy atom. The van der Waals surface area contributed by atoms with E-state index < -0.39 is 5.97 Å². The average Bonchev–Trinajstić information content (AvgIpc) is 2.95. The van der Waals surface area contributed by atoms with E-state index in [0.29, 0.717) is 5.56 Å². The highest BCUT2D eigenvalue weighted by molar-refractivity contribution is 7.78. The van der Waals surface area contributed by atoms with Gasteiger partial charge in [0.2, 0.25) is 0 Å². The van der Waals surface area contributed by atoms with Gasteiger partial charge in [0.15, 0.2) is 0 Å². The smallest absolute Gasteiger partial charge is 0.337 e. The van der Waals surface area contributed by atoms with Crippen LogP contribution in [0.5, 0.6) is 5.75 Å². The molecule has 1 aromatic carbocycles. The molecule has 0 aliphatic heterocycles. The summed E-state index contributed by atoms with van der Waals surface area (Å²) in [5, 5.41) is 9.95. The number of carboxylic acid groups (broad SMARTS) is 1. The van der Waals surface area contributed by atoms with Crippen LogP contribution in [0.1, 0.15) is 41.1 Å². The minimum atomic E-state index is -0.837. The van der Waals surface area contributed by atoms with Crippen molar-refractivity contribution in [2.45, 2.75) is 33.1 Å². The van der Waals surface area contributed by atoms with Gasteiger partial charge in [-0.3, -0.25) is 4.72 Å². The Bertz CT molecular complexity index is 1060. The van der Waals surface area contributed by atoms with Gasteiger partial charge in [-0.25, -0.2) is 4.79 Å². The summed E-state index contributed by atoms with van der Waals surface area (Å²) in [4.78, 5) is 14.2. The highest BCUT2D eigenvalue weighted by Crippen LogP contribution is 2.45. The minimum Gasteiger partial charge on any atom is -0.478 e. The number of carboxylic acids is 1.